The van der Waals surface area contributed by atoms with Crippen molar-refractivity contribution in [2.75, 3.05) is 4.90 Å². The van der Waals surface area contributed by atoms with Gasteiger partial charge in [0.1, 0.15) is 5.60 Å². The fourth-order valence-electron chi connectivity index (χ4n) is 4.53. The molecule has 0 saturated carbocycles. The summed E-state index contributed by atoms with van der Waals surface area (Å²) >= 11 is 3.52. The van der Waals surface area contributed by atoms with Gasteiger partial charge in [-0.2, -0.15) is 0 Å². The topological polar surface area (TPSA) is 68.2 Å². The lowest BCUT2D eigenvalue weighted by Crippen LogP contribution is -2.48. The smallest absolute Gasteiger partial charge is 0.421 e. The van der Waals surface area contributed by atoms with Crippen LogP contribution < -0.4 is 4.90 Å². The molecule has 172 valence electrons. The Morgan fingerprint density at radius 1 is 1.03 bits per heavy atom. The van der Waals surface area contributed by atoms with Gasteiger partial charge in [-0.05, 0) is 44.5 Å². The highest BCUT2D eigenvalue weighted by molar-refractivity contribution is 9.10. The first-order valence-corrected chi connectivity index (χ1v) is 11.8. The normalized spacial score (nSPS) is 21.3. The van der Waals surface area contributed by atoms with E-state index in [-0.39, 0.29) is 0 Å². The van der Waals surface area contributed by atoms with Gasteiger partial charge in [0.05, 0.1) is 17.3 Å². The van der Waals surface area contributed by atoms with Crippen molar-refractivity contribution >= 4 is 39.3 Å². The zero-order valence-electron chi connectivity index (χ0n) is 19.0. The maximum absolute atomic E-state index is 14.2. The highest BCUT2D eigenvalue weighted by atomic mass is 79.9. The van der Waals surface area contributed by atoms with Crippen LogP contribution in [0.15, 0.2) is 88.5 Å². The monoisotopic (exact) mass is 518 g/mol. The van der Waals surface area contributed by atoms with E-state index in [2.05, 4.69) is 21.1 Å². The van der Waals surface area contributed by atoms with Crippen molar-refractivity contribution in [1.29, 1.82) is 0 Å². The molecular weight excluding hydrogens is 496 g/mol. The predicted molar refractivity (Wildman–Crippen MR) is 133 cm³/mol. The zero-order chi connectivity index (χ0) is 24.1. The van der Waals surface area contributed by atoms with Crippen molar-refractivity contribution < 1.29 is 19.2 Å². The van der Waals surface area contributed by atoms with E-state index >= 15 is 0 Å². The van der Waals surface area contributed by atoms with Crippen LogP contribution >= 0.6 is 15.9 Å². The van der Waals surface area contributed by atoms with Crippen LogP contribution in [0, 0.1) is 0 Å². The number of nitrogens with zero attached hydrogens (tertiary/aromatic N) is 2. The van der Waals surface area contributed by atoms with Crippen LogP contribution in [0.25, 0.3) is 0 Å². The molecule has 0 fully saturated rings. The highest BCUT2D eigenvalue weighted by Gasteiger charge is 2.65. The number of rotatable bonds is 2. The fourth-order valence-corrected chi connectivity index (χ4v) is 4.89. The number of benzene rings is 3. The minimum atomic E-state index is -1.55. The number of carbonyl (C=O) groups excluding carboxylic acids is 2. The Morgan fingerprint density at radius 3 is 2.32 bits per heavy atom. The standard InChI is InChI=1S/C27H23BrN2O4/c1-26(2,3)33-25(32)30-21-15-14-19(28)16-20(21)27(24(30)31)22(17-10-6-4-7-11-17)23(29-34-27)18-12-8-5-9-13-18/h4-16,22H,1-3H3. The second-order valence-electron chi connectivity index (χ2n) is 9.30. The molecule has 2 aliphatic rings. The number of amides is 2. The van der Waals surface area contributed by atoms with Crippen molar-refractivity contribution in [3.63, 3.8) is 0 Å². The summed E-state index contributed by atoms with van der Waals surface area (Å²) in [5.74, 6) is -1.11. The van der Waals surface area contributed by atoms with E-state index in [4.69, 9.17) is 9.57 Å². The lowest BCUT2D eigenvalue weighted by Gasteiger charge is -2.29. The third-order valence-electron chi connectivity index (χ3n) is 5.87. The van der Waals surface area contributed by atoms with Crippen LogP contribution in [0.3, 0.4) is 0 Å². The molecule has 0 N–H and O–H groups in total. The molecule has 2 unspecified atom stereocenters. The SMILES string of the molecule is CC(C)(C)OC(=O)N1C(=O)C2(ON=C(c3ccccc3)C2c2ccccc2)c2cc(Br)ccc21. The van der Waals surface area contributed by atoms with Gasteiger partial charge in [-0.25, -0.2) is 9.69 Å². The van der Waals surface area contributed by atoms with Crippen molar-refractivity contribution in [3.8, 4) is 0 Å². The molecule has 2 amide bonds. The number of halogens is 1. The Bertz CT molecular complexity index is 1300. The minimum absolute atomic E-state index is 0.424. The molecule has 0 aliphatic carbocycles. The van der Waals surface area contributed by atoms with Crippen molar-refractivity contribution in [2.45, 2.75) is 37.9 Å². The maximum atomic E-state index is 14.2. The van der Waals surface area contributed by atoms with Crippen LogP contribution in [0.5, 0.6) is 0 Å². The van der Waals surface area contributed by atoms with E-state index in [1.165, 1.54) is 0 Å². The van der Waals surface area contributed by atoms with Gasteiger partial charge in [0.15, 0.2) is 0 Å². The van der Waals surface area contributed by atoms with E-state index < -0.39 is 29.1 Å². The number of oxime groups is 1. The van der Waals surface area contributed by atoms with Gasteiger partial charge >= 0.3 is 6.09 Å². The molecule has 3 aromatic carbocycles. The molecule has 2 heterocycles. The van der Waals surface area contributed by atoms with E-state index in [1.54, 1.807) is 32.9 Å². The van der Waals surface area contributed by atoms with Gasteiger partial charge in [-0.1, -0.05) is 81.7 Å². The first-order chi connectivity index (χ1) is 16.2. The number of hydrogen-bond acceptors (Lipinski definition) is 5. The van der Waals surface area contributed by atoms with Gasteiger partial charge < -0.3 is 9.57 Å². The molecule has 0 radical (unpaired) electrons. The van der Waals surface area contributed by atoms with Crippen LogP contribution in [-0.2, 0) is 20.0 Å². The molecule has 0 aromatic heterocycles. The molecule has 0 saturated heterocycles. The molecule has 2 atom stereocenters. The van der Waals surface area contributed by atoms with Crippen molar-refractivity contribution in [2.24, 2.45) is 5.16 Å². The Balaban J connectivity index is 1.72. The van der Waals surface area contributed by atoms with E-state index in [1.807, 2.05) is 66.7 Å². The number of anilines is 1. The quantitative estimate of drug-likeness (QED) is 0.408. The third-order valence-corrected chi connectivity index (χ3v) is 6.36. The largest absolute Gasteiger partial charge is 0.443 e. The lowest BCUT2D eigenvalue weighted by molar-refractivity contribution is -0.141. The third kappa shape index (κ3) is 3.51. The molecule has 3 aromatic rings. The molecule has 0 bridgehead atoms. The number of imide groups is 1. The van der Waals surface area contributed by atoms with Gasteiger partial charge in [-0.3, -0.25) is 4.79 Å². The first-order valence-electron chi connectivity index (χ1n) is 11.0. The van der Waals surface area contributed by atoms with Gasteiger partial charge in [-0.15, -0.1) is 0 Å². The van der Waals surface area contributed by atoms with Gasteiger partial charge in [0, 0.05) is 15.6 Å². The summed E-state index contributed by atoms with van der Waals surface area (Å²) in [5.41, 5.74) is 0.971. The summed E-state index contributed by atoms with van der Waals surface area (Å²) in [6.07, 6.45) is -0.749. The molecule has 2 aliphatic heterocycles. The molecule has 6 nitrogen and oxygen atoms in total. The van der Waals surface area contributed by atoms with Gasteiger partial charge in [0.25, 0.3) is 11.5 Å². The number of hydrogen-bond donors (Lipinski definition) is 0. The summed E-state index contributed by atoms with van der Waals surface area (Å²) in [7, 11) is 0. The summed E-state index contributed by atoms with van der Waals surface area (Å²) in [6.45, 7) is 5.29. The minimum Gasteiger partial charge on any atom is -0.443 e. The lowest BCUT2D eigenvalue weighted by atomic mass is 9.74. The van der Waals surface area contributed by atoms with Crippen LogP contribution in [0.1, 0.15) is 43.4 Å². The molecule has 1 spiro atoms. The average Bonchev–Trinajstić information content (AvgIpc) is 3.31. The predicted octanol–water partition coefficient (Wildman–Crippen LogP) is 6.14. The Labute approximate surface area is 206 Å². The Kier molecular flexibility index (Phi) is 5.32. The second kappa shape index (κ2) is 8.09. The number of fused-ring (bicyclic) bond motifs is 2. The van der Waals surface area contributed by atoms with Gasteiger partial charge in [0.2, 0.25) is 0 Å². The highest BCUT2D eigenvalue weighted by Crippen LogP contribution is 2.55. The number of ether oxygens (including phenoxy) is 1. The number of carbonyl (C=O) groups is 2. The van der Waals surface area contributed by atoms with E-state index in [0.29, 0.717) is 17.0 Å². The fraction of sp³-hybridized carbons (Fsp3) is 0.222. The van der Waals surface area contributed by atoms with Crippen LogP contribution in [0.4, 0.5) is 10.5 Å². The van der Waals surface area contributed by atoms with Crippen molar-refractivity contribution in [3.05, 3.63) is 100 Å². The molecule has 34 heavy (non-hydrogen) atoms. The van der Waals surface area contributed by atoms with Crippen LogP contribution in [0.2, 0.25) is 0 Å². The second-order valence-corrected chi connectivity index (χ2v) is 10.2. The van der Waals surface area contributed by atoms with E-state index in [9.17, 15) is 9.59 Å². The zero-order valence-corrected chi connectivity index (χ0v) is 20.6. The van der Waals surface area contributed by atoms with Crippen LogP contribution in [-0.4, -0.2) is 23.3 Å². The Morgan fingerprint density at radius 2 is 1.68 bits per heavy atom. The molecule has 7 heteroatoms. The average molecular weight is 519 g/mol. The van der Waals surface area contributed by atoms with Crippen molar-refractivity contribution in [1.82, 2.24) is 0 Å². The summed E-state index contributed by atoms with van der Waals surface area (Å²) in [6, 6.07) is 24.6. The van der Waals surface area contributed by atoms with E-state index in [0.717, 1.165) is 20.5 Å². The summed E-state index contributed by atoms with van der Waals surface area (Å²) in [4.78, 5) is 34.6. The molecular formula is C27H23BrN2O4. The molecule has 5 rings (SSSR count). The summed E-state index contributed by atoms with van der Waals surface area (Å²) < 4.78 is 6.35. The Hall–Kier alpha value is -3.45. The first kappa shape index (κ1) is 22.3. The maximum Gasteiger partial charge on any atom is 0.421 e. The summed E-state index contributed by atoms with van der Waals surface area (Å²) in [5, 5.41) is 4.45.